The van der Waals surface area contributed by atoms with E-state index in [1.807, 2.05) is 13.8 Å². The van der Waals surface area contributed by atoms with E-state index >= 15 is 0 Å². The number of likely N-dealkylation sites (tertiary alicyclic amines) is 2. The Bertz CT molecular complexity index is 2170. The zero-order chi connectivity index (χ0) is 45.4. The lowest BCUT2D eigenvalue weighted by atomic mass is 10.0. The fourth-order valence-electron chi connectivity index (χ4n) is 7.64. The van der Waals surface area contributed by atoms with E-state index in [2.05, 4.69) is 0 Å². The van der Waals surface area contributed by atoms with E-state index in [1.165, 1.54) is 9.80 Å². The summed E-state index contributed by atoms with van der Waals surface area (Å²) in [5, 5.41) is 22.6. The van der Waals surface area contributed by atoms with Gasteiger partial charge in [0.05, 0.1) is 57.5 Å². The fraction of sp³-hybridized carbons (Fsp3) is 0.529. The number of hydrogen-bond acceptors (Lipinski definition) is 14. The number of halogens is 6. The van der Waals surface area contributed by atoms with Gasteiger partial charge in [0.1, 0.15) is 0 Å². The first-order chi connectivity index (χ1) is 28.9. The minimum Gasteiger partial charge on any atom is -0.347 e. The zero-order valence-corrected chi connectivity index (χ0v) is 33.7. The van der Waals surface area contributed by atoms with Gasteiger partial charge in [-0.25, -0.2) is 18.0 Å². The normalized spacial score (nSPS) is 25.2. The molecule has 62 heavy (non-hydrogen) atoms. The van der Waals surface area contributed by atoms with Crippen LogP contribution < -0.4 is 0 Å². The molecule has 2 aromatic rings. The van der Waals surface area contributed by atoms with Crippen LogP contribution in [0.3, 0.4) is 0 Å². The van der Waals surface area contributed by atoms with Gasteiger partial charge in [-0.3, -0.25) is 29.8 Å². The smallest absolute Gasteiger partial charge is 0.347 e. The van der Waals surface area contributed by atoms with Gasteiger partial charge < -0.3 is 28.7 Å². The second-order valence-electron chi connectivity index (χ2n) is 14.8. The molecule has 20 nitrogen and oxygen atoms in total. The first kappa shape index (κ1) is 44.9. The van der Waals surface area contributed by atoms with E-state index in [-0.39, 0.29) is 84.8 Å². The molecule has 2 spiro atoms. The maximum absolute atomic E-state index is 13.1. The van der Waals surface area contributed by atoms with Gasteiger partial charge >= 0.3 is 24.4 Å². The molecule has 0 N–H and O–H groups in total. The molecule has 6 heterocycles. The standard InChI is InChI=1S/2C17H16F3N3O7S/c2*1-9-8-29-16(30-9)2-4-21(5-3-16)15(25)22-14(24)11-6-10(17(18,19)20)7-12(23(26)27)13(11)31(22)28/h2*6-7,9H,2-5,8H2,1H3/t2*9-,31?/m00/s1. The first-order valence-electron chi connectivity index (χ1n) is 18.4. The van der Waals surface area contributed by atoms with Crippen LogP contribution in [-0.4, -0.2) is 124 Å². The Hall–Kier alpha value is -5.16. The summed E-state index contributed by atoms with van der Waals surface area (Å²) in [5.41, 5.74) is -6.71. The third-order valence-electron chi connectivity index (χ3n) is 10.6. The van der Waals surface area contributed by atoms with Gasteiger partial charge in [-0.2, -0.15) is 35.0 Å². The predicted molar refractivity (Wildman–Crippen MR) is 192 cm³/mol. The van der Waals surface area contributed by atoms with Crippen molar-refractivity contribution in [2.45, 2.75) is 85.5 Å². The summed E-state index contributed by atoms with van der Waals surface area (Å²) in [4.78, 5) is 72.3. The molecular weight excluding hydrogens is 895 g/mol. The maximum atomic E-state index is 13.1. The molecule has 6 aliphatic heterocycles. The summed E-state index contributed by atoms with van der Waals surface area (Å²) < 4.78 is 128. The summed E-state index contributed by atoms with van der Waals surface area (Å²) >= 11 is 0. The number of rotatable bonds is 2. The minimum absolute atomic E-state index is 0.0821. The number of imide groups is 2. The molecule has 0 bridgehead atoms. The molecule has 4 saturated heterocycles. The monoisotopic (exact) mass is 926 g/mol. The Kier molecular flexibility index (Phi) is 11.5. The Labute approximate surface area is 349 Å². The number of nitro benzene ring substituents is 2. The molecule has 4 fully saturated rings. The number of fused-ring (bicyclic) bond motifs is 2. The van der Waals surface area contributed by atoms with Gasteiger partial charge in [-0.05, 0) is 26.0 Å². The number of hydrogen-bond donors (Lipinski definition) is 0. The van der Waals surface area contributed by atoms with Crippen molar-refractivity contribution in [2.75, 3.05) is 39.4 Å². The van der Waals surface area contributed by atoms with E-state index in [1.54, 1.807) is 0 Å². The lowest BCUT2D eigenvalue weighted by Crippen LogP contribution is -2.52. The van der Waals surface area contributed by atoms with Crippen LogP contribution in [0.15, 0.2) is 34.1 Å². The van der Waals surface area contributed by atoms with Crippen molar-refractivity contribution in [3.63, 3.8) is 0 Å². The Morgan fingerprint density at radius 2 is 0.984 bits per heavy atom. The Morgan fingerprint density at radius 3 is 1.24 bits per heavy atom. The molecule has 6 amide bonds. The largest absolute Gasteiger partial charge is 0.416 e. The first-order valence-corrected chi connectivity index (χ1v) is 20.6. The van der Waals surface area contributed by atoms with Crippen LogP contribution in [0.25, 0.3) is 0 Å². The van der Waals surface area contributed by atoms with Crippen molar-refractivity contribution >= 4 is 57.2 Å². The van der Waals surface area contributed by atoms with Crippen molar-refractivity contribution < 1.29 is 82.7 Å². The second kappa shape index (κ2) is 15.9. The molecule has 0 saturated carbocycles. The van der Waals surface area contributed by atoms with E-state index in [9.17, 15) is 74.2 Å². The van der Waals surface area contributed by atoms with Crippen LogP contribution in [0.2, 0.25) is 0 Å². The third kappa shape index (κ3) is 8.01. The molecular formula is C34H32F6N6O14S2. The van der Waals surface area contributed by atoms with E-state index in [0.717, 1.165) is 0 Å². The molecule has 0 aliphatic carbocycles. The average Bonchev–Trinajstić information content (AvgIpc) is 3.90. The topological polar surface area (TPSA) is 239 Å². The molecule has 2 unspecified atom stereocenters. The highest BCUT2D eigenvalue weighted by atomic mass is 32.2. The van der Waals surface area contributed by atoms with Crippen LogP contribution >= 0.6 is 0 Å². The lowest BCUT2D eigenvalue weighted by Gasteiger charge is -2.38. The van der Waals surface area contributed by atoms with Gasteiger partial charge in [0.2, 0.25) is 0 Å². The van der Waals surface area contributed by atoms with Gasteiger partial charge in [0.25, 0.3) is 23.2 Å². The molecule has 28 heteroatoms. The molecule has 2 aromatic carbocycles. The summed E-state index contributed by atoms with van der Waals surface area (Å²) in [7, 11) is -5.32. The van der Waals surface area contributed by atoms with Crippen molar-refractivity contribution in [1.29, 1.82) is 0 Å². The van der Waals surface area contributed by atoms with Crippen LogP contribution in [0.4, 0.5) is 47.3 Å². The highest BCUT2D eigenvalue weighted by Gasteiger charge is 2.52. The van der Waals surface area contributed by atoms with Gasteiger partial charge in [0, 0.05) is 64.0 Å². The third-order valence-corrected chi connectivity index (χ3v) is 13.5. The summed E-state index contributed by atoms with van der Waals surface area (Å²) in [6.07, 6.45) is -9.06. The van der Waals surface area contributed by atoms with Gasteiger partial charge in [-0.15, -0.1) is 0 Å². The van der Waals surface area contributed by atoms with Crippen LogP contribution in [0, 0.1) is 20.2 Å². The predicted octanol–water partition coefficient (Wildman–Crippen LogP) is 4.88. The van der Waals surface area contributed by atoms with Crippen molar-refractivity contribution in [3.8, 4) is 0 Å². The van der Waals surface area contributed by atoms with Crippen molar-refractivity contribution in [2.24, 2.45) is 0 Å². The number of urea groups is 2. The molecule has 4 atom stereocenters. The van der Waals surface area contributed by atoms with E-state index in [0.29, 0.717) is 25.3 Å². The number of nitrogens with zero attached hydrogens (tertiary/aromatic N) is 6. The highest BCUT2D eigenvalue weighted by molar-refractivity contribution is 7.85. The van der Waals surface area contributed by atoms with Crippen LogP contribution in [0.1, 0.15) is 71.4 Å². The van der Waals surface area contributed by atoms with Crippen LogP contribution in [-0.2, 0) is 53.3 Å². The molecule has 8 rings (SSSR count). The number of alkyl halides is 6. The van der Waals surface area contributed by atoms with E-state index in [4.69, 9.17) is 18.9 Å². The zero-order valence-electron chi connectivity index (χ0n) is 32.0. The summed E-state index contributed by atoms with van der Waals surface area (Å²) in [5.74, 6) is -4.27. The fourth-order valence-corrected chi connectivity index (χ4v) is 10.3. The van der Waals surface area contributed by atoms with Crippen LogP contribution in [0.5, 0.6) is 0 Å². The Morgan fingerprint density at radius 1 is 0.661 bits per heavy atom. The molecule has 0 radical (unpaired) electrons. The number of carbonyl (C=O) groups is 4. The number of carbonyl (C=O) groups excluding carboxylic acids is 4. The summed E-state index contributed by atoms with van der Waals surface area (Å²) in [6.45, 7) is 4.77. The highest BCUT2D eigenvalue weighted by Crippen LogP contribution is 2.44. The van der Waals surface area contributed by atoms with Gasteiger partial charge in [-0.1, -0.05) is 0 Å². The number of amides is 6. The van der Waals surface area contributed by atoms with Crippen molar-refractivity contribution in [1.82, 2.24) is 18.4 Å². The molecule has 6 aliphatic rings. The number of piperidine rings is 2. The molecule has 336 valence electrons. The average molecular weight is 927 g/mol. The number of ether oxygens (including phenoxy) is 4. The minimum atomic E-state index is -4.97. The SMILES string of the molecule is C[C@H]1COC2(CCN(C(=O)N3C(=O)c4cc(C(F)(F)F)cc([N+](=O)[O-])c4S3=O)CC2)O1.C[C@H]1COC2(CCN(C(=O)N3C(=O)c4cc(C(F)(F)F)cc([N+](=O)[O-])c4S3=O)CC2)O1. The van der Waals surface area contributed by atoms with E-state index < -0.39 is 123 Å². The molecule has 0 aromatic heterocycles. The van der Waals surface area contributed by atoms with Gasteiger partial charge in [0.15, 0.2) is 43.3 Å². The Balaban J connectivity index is 0.000000186. The lowest BCUT2D eigenvalue weighted by molar-refractivity contribution is -0.388. The summed E-state index contributed by atoms with van der Waals surface area (Å²) in [6, 6.07) is -0.853. The maximum Gasteiger partial charge on any atom is 0.416 e. The van der Waals surface area contributed by atoms with Crippen molar-refractivity contribution in [3.05, 3.63) is 66.7 Å². The number of nitro groups is 2. The second-order valence-corrected chi connectivity index (χ2v) is 17.3. The number of benzene rings is 2. The quantitative estimate of drug-likeness (QED) is 0.222.